The second kappa shape index (κ2) is 3.59. The van der Waals surface area contributed by atoms with Crippen molar-refractivity contribution in [2.24, 2.45) is 16.9 Å². The van der Waals surface area contributed by atoms with Gasteiger partial charge in [0.25, 0.3) is 0 Å². The summed E-state index contributed by atoms with van der Waals surface area (Å²) in [7, 11) is 0. The van der Waals surface area contributed by atoms with E-state index in [2.05, 4.69) is 0 Å². The van der Waals surface area contributed by atoms with Crippen molar-refractivity contribution < 1.29 is 9.59 Å². The van der Waals surface area contributed by atoms with Gasteiger partial charge in [0, 0.05) is 0 Å². The van der Waals surface area contributed by atoms with Gasteiger partial charge in [0.1, 0.15) is 9.75 Å². The van der Waals surface area contributed by atoms with E-state index in [9.17, 15) is 9.59 Å². The molecule has 1 fully saturated rings. The van der Waals surface area contributed by atoms with E-state index in [0.29, 0.717) is 12.8 Å². The molecule has 4 N–H and O–H groups in total. The lowest BCUT2D eigenvalue weighted by Gasteiger charge is -2.36. The van der Waals surface area contributed by atoms with Gasteiger partial charge in [0.2, 0.25) is 11.8 Å². The zero-order valence-corrected chi connectivity index (χ0v) is 9.07. The normalized spacial score (nSPS) is 24.1. The zero-order valence-electron chi connectivity index (χ0n) is 7.56. The third-order valence-electron chi connectivity index (χ3n) is 2.78. The Morgan fingerprint density at radius 2 is 1.29 bits per heavy atom. The molecule has 1 aliphatic rings. The zero-order chi connectivity index (χ0) is 11.0. The fourth-order valence-electron chi connectivity index (χ4n) is 1.66. The van der Waals surface area contributed by atoms with Gasteiger partial charge in [0.15, 0.2) is 0 Å². The minimum absolute atomic E-state index is 0.227. The van der Waals surface area contributed by atoms with Gasteiger partial charge in [-0.1, -0.05) is 0 Å². The highest BCUT2D eigenvalue weighted by Crippen LogP contribution is 2.45. The summed E-state index contributed by atoms with van der Waals surface area (Å²) in [4.78, 5) is 22.3. The van der Waals surface area contributed by atoms with E-state index in [0.717, 1.165) is 0 Å². The Balaban J connectivity index is 2.85. The number of carbonyl (C=O) groups is 2. The van der Waals surface area contributed by atoms with E-state index in [1.165, 1.54) is 0 Å². The highest BCUT2D eigenvalue weighted by molar-refractivity contribution is 6.48. The Labute approximate surface area is 91.9 Å². The molecule has 0 aromatic rings. The second-order valence-electron chi connectivity index (χ2n) is 3.67. The topological polar surface area (TPSA) is 86.2 Å². The number of carbonyl (C=O) groups excluding carboxylic acids is 2. The first-order valence-electron chi connectivity index (χ1n) is 4.28. The summed E-state index contributed by atoms with van der Waals surface area (Å²) in [6, 6.07) is 0. The molecule has 1 rings (SSSR count). The highest BCUT2D eigenvalue weighted by Gasteiger charge is 2.48. The standard InChI is InChI=1S/C8H12Cl2N2O2/c9-8(10)3-1-7(2-4-8,5(11)13)6(12)14/h1-4H2,(H2,11,13)(H2,12,14). The third-order valence-corrected chi connectivity index (χ3v) is 3.53. The Morgan fingerprint density at radius 3 is 1.57 bits per heavy atom. The number of hydrogen-bond donors (Lipinski definition) is 2. The predicted molar refractivity (Wildman–Crippen MR) is 53.7 cm³/mol. The minimum atomic E-state index is -1.26. The van der Waals surface area contributed by atoms with Crippen molar-refractivity contribution in [3.63, 3.8) is 0 Å². The summed E-state index contributed by atoms with van der Waals surface area (Å²) >= 11 is 11.7. The molecular formula is C8H12Cl2N2O2. The summed E-state index contributed by atoms with van der Waals surface area (Å²) in [5, 5.41) is 0. The number of rotatable bonds is 2. The van der Waals surface area contributed by atoms with E-state index < -0.39 is 21.6 Å². The molecule has 0 unspecified atom stereocenters. The Bertz CT molecular complexity index is 253. The number of halogens is 2. The molecule has 4 nitrogen and oxygen atoms in total. The lowest BCUT2D eigenvalue weighted by molar-refractivity contribution is -0.142. The van der Waals surface area contributed by atoms with Gasteiger partial charge >= 0.3 is 0 Å². The van der Waals surface area contributed by atoms with Crippen LogP contribution in [0.1, 0.15) is 25.7 Å². The van der Waals surface area contributed by atoms with Crippen LogP contribution < -0.4 is 11.5 Å². The molecule has 0 aliphatic heterocycles. The predicted octanol–water partition coefficient (Wildman–Crippen LogP) is 0.691. The van der Waals surface area contributed by atoms with Crippen LogP contribution in [0.3, 0.4) is 0 Å². The summed E-state index contributed by atoms with van der Waals surface area (Å²) in [6.07, 6.45) is 1.15. The molecule has 0 atom stereocenters. The average molecular weight is 239 g/mol. The van der Waals surface area contributed by atoms with Crippen molar-refractivity contribution in [2.75, 3.05) is 0 Å². The van der Waals surface area contributed by atoms with E-state index in [1.807, 2.05) is 0 Å². The number of primary amides is 2. The maximum atomic E-state index is 11.2. The van der Waals surface area contributed by atoms with Crippen molar-refractivity contribution in [2.45, 2.75) is 30.0 Å². The van der Waals surface area contributed by atoms with Gasteiger partial charge in [-0.2, -0.15) is 0 Å². The smallest absolute Gasteiger partial charge is 0.233 e. The summed E-state index contributed by atoms with van der Waals surface area (Å²) in [6.45, 7) is 0. The van der Waals surface area contributed by atoms with Gasteiger partial charge in [-0.05, 0) is 25.7 Å². The van der Waals surface area contributed by atoms with Gasteiger partial charge < -0.3 is 11.5 Å². The summed E-state index contributed by atoms with van der Waals surface area (Å²) < 4.78 is -0.867. The van der Waals surface area contributed by atoms with E-state index in [4.69, 9.17) is 34.7 Å². The van der Waals surface area contributed by atoms with Crippen molar-refractivity contribution in [1.82, 2.24) is 0 Å². The lowest BCUT2D eigenvalue weighted by Crippen LogP contribution is -2.51. The molecule has 0 heterocycles. The van der Waals surface area contributed by atoms with Crippen molar-refractivity contribution in [3.05, 3.63) is 0 Å². The maximum Gasteiger partial charge on any atom is 0.233 e. The van der Waals surface area contributed by atoms with Gasteiger partial charge in [-0.25, -0.2) is 0 Å². The Kier molecular flexibility index (Phi) is 2.97. The van der Waals surface area contributed by atoms with Crippen LogP contribution in [0.2, 0.25) is 0 Å². The Hall–Kier alpha value is -0.480. The first-order valence-corrected chi connectivity index (χ1v) is 5.03. The average Bonchev–Trinajstić information content (AvgIpc) is 2.03. The van der Waals surface area contributed by atoms with E-state index in [-0.39, 0.29) is 12.8 Å². The largest absolute Gasteiger partial charge is 0.369 e. The van der Waals surface area contributed by atoms with Crippen LogP contribution in [0.15, 0.2) is 0 Å². The van der Waals surface area contributed by atoms with Gasteiger partial charge in [-0.15, -0.1) is 23.2 Å². The van der Waals surface area contributed by atoms with Gasteiger partial charge in [0.05, 0.1) is 0 Å². The van der Waals surface area contributed by atoms with Crippen molar-refractivity contribution in [1.29, 1.82) is 0 Å². The molecule has 80 valence electrons. The van der Waals surface area contributed by atoms with Crippen LogP contribution in [0.25, 0.3) is 0 Å². The summed E-state index contributed by atoms with van der Waals surface area (Å²) in [5.41, 5.74) is 9.07. The molecule has 0 aromatic heterocycles. The lowest BCUT2D eigenvalue weighted by atomic mass is 9.72. The maximum absolute atomic E-state index is 11.2. The van der Waals surface area contributed by atoms with Gasteiger partial charge in [-0.3, -0.25) is 9.59 Å². The fourth-order valence-corrected chi connectivity index (χ4v) is 2.03. The van der Waals surface area contributed by atoms with Crippen LogP contribution in [-0.2, 0) is 9.59 Å². The van der Waals surface area contributed by atoms with E-state index in [1.54, 1.807) is 0 Å². The number of hydrogen-bond acceptors (Lipinski definition) is 2. The SMILES string of the molecule is NC(=O)C1(C(N)=O)CCC(Cl)(Cl)CC1. The first kappa shape index (κ1) is 11.6. The third kappa shape index (κ3) is 1.96. The first-order chi connectivity index (χ1) is 6.30. The molecule has 0 spiro atoms. The van der Waals surface area contributed by atoms with Crippen molar-refractivity contribution in [3.8, 4) is 0 Å². The fraction of sp³-hybridized carbons (Fsp3) is 0.750. The highest BCUT2D eigenvalue weighted by atomic mass is 35.5. The molecular weight excluding hydrogens is 227 g/mol. The quantitative estimate of drug-likeness (QED) is 0.548. The molecule has 1 aliphatic carbocycles. The second-order valence-corrected chi connectivity index (χ2v) is 5.31. The Morgan fingerprint density at radius 1 is 0.929 bits per heavy atom. The molecule has 1 saturated carbocycles. The molecule has 6 heteroatoms. The molecule has 14 heavy (non-hydrogen) atoms. The van der Waals surface area contributed by atoms with Crippen LogP contribution in [0.4, 0.5) is 0 Å². The van der Waals surface area contributed by atoms with Crippen LogP contribution >= 0.6 is 23.2 Å². The summed E-state index contributed by atoms with van der Waals surface area (Å²) in [5.74, 6) is -1.37. The van der Waals surface area contributed by atoms with E-state index >= 15 is 0 Å². The molecule has 0 saturated heterocycles. The molecule has 0 radical (unpaired) electrons. The van der Waals surface area contributed by atoms with Crippen LogP contribution in [-0.4, -0.2) is 16.1 Å². The van der Waals surface area contributed by atoms with Crippen LogP contribution in [0, 0.1) is 5.41 Å². The van der Waals surface area contributed by atoms with Crippen LogP contribution in [0.5, 0.6) is 0 Å². The number of nitrogens with two attached hydrogens (primary N) is 2. The molecule has 0 aromatic carbocycles. The minimum Gasteiger partial charge on any atom is -0.369 e. The number of alkyl halides is 2. The van der Waals surface area contributed by atoms with Crippen molar-refractivity contribution >= 4 is 35.0 Å². The number of amides is 2. The monoisotopic (exact) mass is 238 g/mol. The molecule has 2 amide bonds. The molecule has 0 bridgehead atoms.